The number of benzene rings is 1. The highest BCUT2D eigenvalue weighted by Gasteiger charge is 2.30. The maximum absolute atomic E-state index is 12.4. The van der Waals surface area contributed by atoms with E-state index in [4.69, 9.17) is 14.2 Å². The lowest BCUT2D eigenvalue weighted by Crippen LogP contribution is -2.42. The summed E-state index contributed by atoms with van der Waals surface area (Å²) >= 11 is 0. The second-order valence-corrected chi connectivity index (χ2v) is 9.46. The van der Waals surface area contributed by atoms with Gasteiger partial charge >= 0.3 is 5.97 Å². The van der Waals surface area contributed by atoms with Gasteiger partial charge in [-0.1, -0.05) is 13.8 Å². The molecule has 1 aliphatic rings. The van der Waals surface area contributed by atoms with Crippen LogP contribution in [0.5, 0.6) is 11.5 Å². The molecule has 1 fully saturated rings. The molecule has 156 valence electrons. The molecule has 0 aromatic heterocycles. The Labute approximate surface area is 165 Å². The zero-order valence-corrected chi connectivity index (χ0v) is 17.4. The fraction of sp³-hybridized carbons (Fsp3) is 0.579. The van der Waals surface area contributed by atoms with Crippen LogP contribution in [0.4, 0.5) is 0 Å². The fourth-order valence-corrected chi connectivity index (χ4v) is 4.35. The quantitative estimate of drug-likeness (QED) is 0.645. The number of ether oxygens (including phenoxy) is 3. The number of esters is 1. The van der Waals surface area contributed by atoms with E-state index in [0.29, 0.717) is 30.4 Å². The number of nitrogens with one attached hydrogen (secondary N) is 1. The predicted octanol–water partition coefficient (Wildman–Crippen LogP) is 1.58. The molecule has 2 atom stereocenters. The molecule has 0 saturated carbocycles. The minimum absolute atomic E-state index is 0.0527. The smallest absolute Gasteiger partial charge is 0.339 e. The van der Waals surface area contributed by atoms with Gasteiger partial charge in [0, 0.05) is 6.04 Å². The van der Waals surface area contributed by atoms with E-state index in [1.165, 1.54) is 26.2 Å². The lowest BCUT2D eigenvalue weighted by atomic mass is 10.2. The third-order valence-electron chi connectivity index (χ3n) is 4.20. The SMILES string of the molecule is COc1cc(C(=O)O[C@H](C)C(=O)N[C@@H]2CCS(=O)(=O)C2)ccc1OCC(C)C. The molecule has 2 rings (SSSR count). The van der Waals surface area contributed by atoms with Crippen molar-refractivity contribution in [3.63, 3.8) is 0 Å². The summed E-state index contributed by atoms with van der Waals surface area (Å²) in [5, 5.41) is 2.61. The van der Waals surface area contributed by atoms with Gasteiger partial charge in [0.1, 0.15) is 0 Å². The van der Waals surface area contributed by atoms with Crippen LogP contribution in [0.2, 0.25) is 0 Å². The Hall–Kier alpha value is -2.29. The Morgan fingerprint density at radius 2 is 1.93 bits per heavy atom. The zero-order chi connectivity index (χ0) is 20.9. The van der Waals surface area contributed by atoms with Crippen molar-refractivity contribution in [2.45, 2.75) is 39.3 Å². The summed E-state index contributed by atoms with van der Waals surface area (Å²) in [5.41, 5.74) is 0.219. The molecule has 1 saturated heterocycles. The minimum atomic E-state index is -3.10. The molecule has 8 nitrogen and oxygen atoms in total. The summed E-state index contributed by atoms with van der Waals surface area (Å²) in [4.78, 5) is 24.5. The Morgan fingerprint density at radius 3 is 2.50 bits per heavy atom. The summed E-state index contributed by atoms with van der Waals surface area (Å²) in [6.45, 7) is 5.99. The number of methoxy groups -OCH3 is 1. The van der Waals surface area contributed by atoms with E-state index in [1.807, 2.05) is 13.8 Å². The molecule has 1 aromatic carbocycles. The lowest BCUT2D eigenvalue weighted by molar-refractivity contribution is -0.129. The summed E-state index contributed by atoms with van der Waals surface area (Å²) < 4.78 is 39.0. The minimum Gasteiger partial charge on any atom is -0.493 e. The van der Waals surface area contributed by atoms with Gasteiger partial charge in [-0.15, -0.1) is 0 Å². The molecule has 1 heterocycles. The number of carbonyl (C=O) groups excluding carboxylic acids is 2. The van der Waals surface area contributed by atoms with Crippen LogP contribution >= 0.6 is 0 Å². The number of sulfone groups is 1. The summed E-state index contributed by atoms with van der Waals surface area (Å²) in [7, 11) is -1.63. The van der Waals surface area contributed by atoms with Crippen molar-refractivity contribution < 1.29 is 32.2 Å². The highest BCUT2D eigenvalue weighted by molar-refractivity contribution is 7.91. The third kappa shape index (κ3) is 6.12. The van der Waals surface area contributed by atoms with Crippen molar-refractivity contribution in [3.8, 4) is 11.5 Å². The van der Waals surface area contributed by atoms with Gasteiger partial charge in [-0.05, 0) is 37.5 Å². The molecular formula is C19H27NO7S. The maximum atomic E-state index is 12.4. The van der Waals surface area contributed by atoms with Crippen LogP contribution in [-0.4, -0.2) is 57.7 Å². The molecule has 1 amide bonds. The number of hydrogen-bond donors (Lipinski definition) is 1. The van der Waals surface area contributed by atoms with Crippen molar-refractivity contribution in [2.24, 2.45) is 5.92 Å². The van der Waals surface area contributed by atoms with E-state index in [1.54, 1.807) is 6.07 Å². The van der Waals surface area contributed by atoms with Crippen molar-refractivity contribution in [3.05, 3.63) is 23.8 Å². The first-order valence-corrected chi connectivity index (χ1v) is 11.0. The van der Waals surface area contributed by atoms with E-state index in [0.717, 1.165) is 0 Å². The van der Waals surface area contributed by atoms with Crippen LogP contribution in [0, 0.1) is 5.92 Å². The first-order valence-electron chi connectivity index (χ1n) is 9.14. The van der Waals surface area contributed by atoms with Crippen molar-refractivity contribution in [1.82, 2.24) is 5.32 Å². The van der Waals surface area contributed by atoms with E-state index in [2.05, 4.69) is 5.32 Å². The Kier molecular flexibility index (Phi) is 7.29. The first-order chi connectivity index (χ1) is 13.1. The van der Waals surface area contributed by atoms with E-state index < -0.39 is 33.9 Å². The lowest BCUT2D eigenvalue weighted by Gasteiger charge is -2.17. The van der Waals surface area contributed by atoms with Crippen molar-refractivity contribution in [1.29, 1.82) is 0 Å². The standard InChI is InChI=1S/C19H27NO7S/c1-12(2)10-26-16-6-5-14(9-17(16)25-4)19(22)27-13(3)18(21)20-15-7-8-28(23,24)11-15/h5-6,9,12-13,15H,7-8,10-11H2,1-4H3,(H,20,21)/t13-,15-/m1/s1. The Balaban J connectivity index is 1.96. The molecule has 0 aliphatic carbocycles. The van der Waals surface area contributed by atoms with Crippen molar-refractivity contribution >= 4 is 21.7 Å². The van der Waals surface area contributed by atoms with Gasteiger partial charge in [0.15, 0.2) is 27.4 Å². The fourth-order valence-electron chi connectivity index (χ4n) is 2.68. The average molecular weight is 413 g/mol. The van der Waals surface area contributed by atoms with Crippen LogP contribution in [-0.2, 0) is 19.4 Å². The second kappa shape index (κ2) is 9.27. The van der Waals surface area contributed by atoms with Crippen LogP contribution in [0.1, 0.15) is 37.6 Å². The number of hydrogen-bond acceptors (Lipinski definition) is 7. The molecule has 9 heteroatoms. The maximum Gasteiger partial charge on any atom is 0.339 e. The van der Waals surface area contributed by atoms with Crippen LogP contribution in [0.25, 0.3) is 0 Å². The van der Waals surface area contributed by atoms with Gasteiger partial charge in [-0.25, -0.2) is 13.2 Å². The summed E-state index contributed by atoms with van der Waals surface area (Å²) in [5.74, 6) is -0.00592. The molecular weight excluding hydrogens is 386 g/mol. The number of rotatable bonds is 8. The Morgan fingerprint density at radius 1 is 1.21 bits per heavy atom. The molecule has 0 bridgehead atoms. The molecule has 0 spiro atoms. The molecule has 1 aliphatic heterocycles. The number of amides is 1. The van der Waals surface area contributed by atoms with Crippen LogP contribution in [0.3, 0.4) is 0 Å². The van der Waals surface area contributed by atoms with Gasteiger partial charge in [-0.3, -0.25) is 4.79 Å². The van der Waals surface area contributed by atoms with E-state index in [-0.39, 0.29) is 17.1 Å². The third-order valence-corrected chi connectivity index (χ3v) is 5.97. The van der Waals surface area contributed by atoms with E-state index >= 15 is 0 Å². The summed E-state index contributed by atoms with van der Waals surface area (Å²) in [6.07, 6.45) is -0.692. The van der Waals surface area contributed by atoms with Gasteiger partial charge in [-0.2, -0.15) is 0 Å². The normalized spacial score (nSPS) is 19.1. The van der Waals surface area contributed by atoms with Crippen LogP contribution in [0.15, 0.2) is 18.2 Å². The van der Waals surface area contributed by atoms with E-state index in [9.17, 15) is 18.0 Å². The monoisotopic (exact) mass is 413 g/mol. The highest BCUT2D eigenvalue weighted by Crippen LogP contribution is 2.29. The molecule has 1 aromatic rings. The topological polar surface area (TPSA) is 108 Å². The Bertz CT molecular complexity index is 820. The average Bonchev–Trinajstić information content (AvgIpc) is 2.97. The number of carbonyl (C=O) groups is 2. The zero-order valence-electron chi connectivity index (χ0n) is 16.6. The molecule has 1 N–H and O–H groups in total. The van der Waals surface area contributed by atoms with Crippen molar-refractivity contribution in [2.75, 3.05) is 25.2 Å². The molecule has 0 radical (unpaired) electrons. The van der Waals surface area contributed by atoms with Gasteiger partial charge < -0.3 is 19.5 Å². The molecule has 28 heavy (non-hydrogen) atoms. The second-order valence-electron chi connectivity index (χ2n) is 7.23. The summed E-state index contributed by atoms with van der Waals surface area (Å²) in [6, 6.07) is 4.20. The molecule has 0 unspecified atom stereocenters. The predicted molar refractivity (Wildman–Crippen MR) is 103 cm³/mol. The first kappa shape index (κ1) is 22.0. The highest BCUT2D eigenvalue weighted by atomic mass is 32.2. The van der Waals surface area contributed by atoms with Gasteiger partial charge in [0.05, 0.1) is 30.8 Å². The van der Waals surface area contributed by atoms with Gasteiger partial charge in [0.2, 0.25) is 0 Å². The van der Waals surface area contributed by atoms with Crippen LogP contribution < -0.4 is 14.8 Å². The van der Waals surface area contributed by atoms with Gasteiger partial charge in [0.25, 0.3) is 5.91 Å². The largest absolute Gasteiger partial charge is 0.493 e.